The Labute approximate surface area is 152 Å². The molecular formula is C20H21N3O3. The lowest BCUT2D eigenvalue weighted by atomic mass is 10.1. The van der Waals surface area contributed by atoms with Gasteiger partial charge in [-0.15, -0.1) is 0 Å². The Morgan fingerprint density at radius 3 is 2.50 bits per heavy atom. The van der Waals surface area contributed by atoms with Crippen molar-refractivity contribution in [3.8, 4) is 0 Å². The Morgan fingerprint density at radius 1 is 1.08 bits per heavy atom. The lowest BCUT2D eigenvalue weighted by Gasteiger charge is -2.14. The third-order valence-electron chi connectivity index (χ3n) is 4.39. The van der Waals surface area contributed by atoms with E-state index in [0.29, 0.717) is 18.5 Å². The van der Waals surface area contributed by atoms with Crippen LogP contribution < -0.4 is 10.6 Å². The summed E-state index contributed by atoms with van der Waals surface area (Å²) in [5, 5.41) is 5.40. The number of hydrogen-bond donors (Lipinski definition) is 2. The maximum Gasteiger partial charge on any atom is 0.325 e. The van der Waals surface area contributed by atoms with Gasteiger partial charge in [-0.25, -0.2) is 4.79 Å². The molecule has 6 heteroatoms. The summed E-state index contributed by atoms with van der Waals surface area (Å²) in [4.78, 5) is 37.7. The first kappa shape index (κ1) is 17.7. The van der Waals surface area contributed by atoms with E-state index in [-0.39, 0.29) is 12.5 Å². The average Bonchev–Trinajstić information content (AvgIpc) is 2.90. The van der Waals surface area contributed by atoms with Crippen LogP contribution in [-0.4, -0.2) is 35.3 Å². The Balaban J connectivity index is 1.56. The number of hydrogen-bond acceptors (Lipinski definition) is 3. The number of carbonyl (C=O) groups excluding carboxylic acids is 3. The highest BCUT2D eigenvalue weighted by molar-refractivity contribution is 6.08. The molecule has 2 aromatic rings. The van der Waals surface area contributed by atoms with Gasteiger partial charge in [0.1, 0.15) is 12.6 Å². The molecule has 1 atom stereocenters. The summed E-state index contributed by atoms with van der Waals surface area (Å²) in [5.41, 5.74) is 2.69. The van der Waals surface area contributed by atoms with E-state index in [1.165, 1.54) is 0 Å². The maximum absolute atomic E-state index is 12.5. The molecule has 0 radical (unpaired) electrons. The van der Waals surface area contributed by atoms with Crippen LogP contribution in [0.3, 0.4) is 0 Å². The van der Waals surface area contributed by atoms with E-state index in [1.54, 1.807) is 6.07 Å². The van der Waals surface area contributed by atoms with Gasteiger partial charge in [-0.1, -0.05) is 48.5 Å². The summed E-state index contributed by atoms with van der Waals surface area (Å²) in [6.07, 6.45) is 1.19. The number of carbonyl (C=O) groups is 3. The molecule has 2 aromatic carbocycles. The summed E-state index contributed by atoms with van der Waals surface area (Å²) in [6, 6.07) is 16.0. The van der Waals surface area contributed by atoms with Crippen molar-refractivity contribution in [2.45, 2.75) is 25.8 Å². The second kappa shape index (κ2) is 7.82. The van der Waals surface area contributed by atoms with Gasteiger partial charge >= 0.3 is 6.03 Å². The minimum atomic E-state index is -0.589. The molecule has 6 nitrogen and oxygen atoms in total. The molecule has 26 heavy (non-hydrogen) atoms. The highest BCUT2D eigenvalue weighted by Crippen LogP contribution is 2.15. The molecule has 0 aromatic heterocycles. The number of urea groups is 1. The first-order valence-corrected chi connectivity index (χ1v) is 8.56. The van der Waals surface area contributed by atoms with Crippen LogP contribution in [0.1, 0.15) is 17.5 Å². The van der Waals surface area contributed by atoms with Gasteiger partial charge in [-0.05, 0) is 37.0 Å². The summed E-state index contributed by atoms with van der Waals surface area (Å²) < 4.78 is 0. The van der Waals surface area contributed by atoms with E-state index in [4.69, 9.17) is 0 Å². The number of aryl methyl sites for hydroxylation is 2. The molecule has 1 heterocycles. The Morgan fingerprint density at radius 2 is 1.77 bits per heavy atom. The molecule has 134 valence electrons. The molecule has 0 bridgehead atoms. The normalized spacial score (nSPS) is 16.5. The van der Waals surface area contributed by atoms with Crippen LogP contribution in [0, 0.1) is 6.92 Å². The topological polar surface area (TPSA) is 78.5 Å². The summed E-state index contributed by atoms with van der Waals surface area (Å²) in [7, 11) is 0. The first-order chi connectivity index (χ1) is 12.5. The van der Waals surface area contributed by atoms with Gasteiger partial charge in [0, 0.05) is 5.69 Å². The lowest BCUT2D eigenvalue weighted by molar-refractivity contribution is -0.130. The van der Waals surface area contributed by atoms with Gasteiger partial charge in [0.15, 0.2) is 0 Å². The number of amides is 4. The number of para-hydroxylation sites is 1. The number of nitrogens with zero attached hydrogens (tertiary/aromatic N) is 1. The molecule has 2 N–H and O–H groups in total. The molecule has 1 unspecified atom stereocenters. The van der Waals surface area contributed by atoms with E-state index < -0.39 is 18.0 Å². The smallest absolute Gasteiger partial charge is 0.325 e. The van der Waals surface area contributed by atoms with Crippen molar-refractivity contribution in [3.63, 3.8) is 0 Å². The van der Waals surface area contributed by atoms with Crippen LogP contribution >= 0.6 is 0 Å². The van der Waals surface area contributed by atoms with E-state index in [0.717, 1.165) is 16.0 Å². The standard InChI is InChI=1S/C20H21N3O3/c1-14-7-5-6-10-16(14)21-18(24)13-23-19(25)17(22-20(23)26)12-11-15-8-3-2-4-9-15/h2-10,17H,11-13H2,1H3,(H,21,24)(H,22,26). The minimum Gasteiger partial charge on any atom is -0.326 e. The van der Waals surface area contributed by atoms with Crippen LogP contribution in [0.2, 0.25) is 0 Å². The monoisotopic (exact) mass is 351 g/mol. The molecule has 4 amide bonds. The van der Waals surface area contributed by atoms with E-state index in [9.17, 15) is 14.4 Å². The fraction of sp³-hybridized carbons (Fsp3) is 0.250. The highest BCUT2D eigenvalue weighted by atomic mass is 16.2. The lowest BCUT2D eigenvalue weighted by Crippen LogP contribution is -2.38. The van der Waals surface area contributed by atoms with E-state index in [2.05, 4.69) is 10.6 Å². The molecule has 1 aliphatic heterocycles. The third-order valence-corrected chi connectivity index (χ3v) is 4.39. The third kappa shape index (κ3) is 4.08. The fourth-order valence-corrected chi connectivity index (χ4v) is 2.92. The number of benzene rings is 2. The zero-order valence-corrected chi connectivity index (χ0v) is 14.6. The number of rotatable bonds is 6. The number of imide groups is 1. The number of anilines is 1. The maximum atomic E-state index is 12.5. The van der Waals surface area contributed by atoms with Crippen molar-refractivity contribution in [2.75, 3.05) is 11.9 Å². The number of nitrogens with one attached hydrogen (secondary N) is 2. The van der Waals surface area contributed by atoms with E-state index in [1.807, 2.05) is 55.5 Å². The predicted octanol–water partition coefficient (Wildman–Crippen LogP) is 2.49. The first-order valence-electron chi connectivity index (χ1n) is 8.56. The van der Waals surface area contributed by atoms with Crippen molar-refractivity contribution in [1.29, 1.82) is 0 Å². The van der Waals surface area contributed by atoms with Crippen molar-refractivity contribution < 1.29 is 14.4 Å². The van der Waals surface area contributed by atoms with Crippen molar-refractivity contribution in [1.82, 2.24) is 10.2 Å². The predicted molar refractivity (Wildman–Crippen MR) is 98.6 cm³/mol. The van der Waals surface area contributed by atoms with Gasteiger partial charge in [0.25, 0.3) is 5.91 Å². The van der Waals surface area contributed by atoms with Crippen molar-refractivity contribution >= 4 is 23.5 Å². The molecule has 1 aliphatic rings. The molecular weight excluding hydrogens is 330 g/mol. The summed E-state index contributed by atoms with van der Waals surface area (Å²) >= 11 is 0. The zero-order chi connectivity index (χ0) is 18.5. The molecule has 0 saturated carbocycles. The van der Waals surface area contributed by atoms with Gasteiger partial charge < -0.3 is 10.6 Å². The fourth-order valence-electron chi connectivity index (χ4n) is 2.92. The minimum absolute atomic E-state index is 0.291. The Kier molecular flexibility index (Phi) is 5.31. The molecule has 1 fully saturated rings. The molecule has 1 saturated heterocycles. The largest absolute Gasteiger partial charge is 0.326 e. The summed E-state index contributed by atoms with van der Waals surface area (Å²) in [5.74, 6) is -0.752. The van der Waals surface area contributed by atoms with Crippen LogP contribution in [0.25, 0.3) is 0 Å². The van der Waals surface area contributed by atoms with Gasteiger partial charge in [0.2, 0.25) is 5.91 Å². The zero-order valence-electron chi connectivity index (χ0n) is 14.6. The second-order valence-electron chi connectivity index (χ2n) is 6.31. The average molecular weight is 351 g/mol. The van der Waals surface area contributed by atoms with Crippen LogP contribution in [0.15, 0.2) is 54.6 Å². The van der Waals surface area contributed by atoms with Gasteiger partial charge in [-0.3, -0.25) is 14.5 Å². The molecule has 0 spiro atoms. The van der Waals surface area contributed by atoms with Gasteiger partial charge in [-0.2, -0.15) is 0 Å². The van der Waals surface area contributed by atoms with Crippen molar-refractivity contribution in [2.24, 2.45) is 0 Å². The summed E-state index contributed by atoms with van der Waals surface area (Å²) in [6.45, 7) is 1.59. The second-order valence-corrected chi connectivity index (χ2v) is 6.31. The van der Waals surface area contributed by atoms with Gasteiger partial charge in [0.05, 0.1) is 0 Å². The SMILES string of the molecule is Cc1ccccc1NC(=O)CN1C(=O)NC(CCc2ccccc2)C1=O. The van der Waals surface area contributed by atoms with Crippen molar-refractivity contribution in [3.05, 3.63) is 65.7 Å². The highest BCUT2D eigenvalue weighted by Gasteiger charge is 2.38. The van der Waals surface area contributed by atoms with Crippen LogP contribution in [0.5, 0.6) is 0 Å². The molecule has 0 aliphatic carbocycles. The van der Waals surface area contributed by atoms with Crippen LogP contribution in [0.4, 0.5) is 10.5 Å². The Bertz CT molecular complexity index is 820. The van der Waals surface area contributed by atoms with E-state index >= 15 is 0 Å². The molecule has 3 rings (SSSR count). The van der Waals surface area contributed by atoms with Crippen LogP contribution in [-0.2, 0) is 16.0 Å². The Hall–Kier alpha value is -3.15. The quantitative estimate of drug-likeness (QED) is 0.785.